The van der Waals surface area contributed by atoms with E-state index in [2.05, 4.69) is 158 Å². The minimum Gasteiger partial charge on any atom is -0.457 e. The van der Waals surface area contributed by atoms with Crippen molar-refractivity contribution in [2.24, 2.45) is 0 Å². The van der Waals surface area contributed by atoms with Crippen LogP contribution in [0.15, 0.2) is 249 Å². The van der Waals surface area contributed by atoms with Gasteiger partial charge in [-0.15, -0.1) is 0 Å². The van der Waals surface area contributed by atoms with Crippen molar-refractivity contribution in [3.63, 3.8) is 0 Å². The molecular weight excluding hydrogens is 1310 g/mol. The van der Waals surface area contributed by atoms with Gasteiger partial charge in [-0.05, 0) is 191 Å². The summed E-state index contributed by atoms with van der Waals surface area (Å²) in [5.74, 6) is 6.32. The summed E-state index contributed by atoms with van der Waals surface area (Å²) < 4.78 is 22.6. The molecule has 0 aromatic heterocycles. The van der Waals surface area contributed by atoms with E-state index in [1.54, 1.807) is 35.5 Å². The first kappa shape index (κ1) is 67.2. The molecule has 0 amide bonds. The SMILES string of the molecule is C.S=P12c3cc(-c4ccccc4)ccc3Oc3cccc(c31)Oc1ccc(-c3ccccc3)cc12.S=S=S=S=S=S=S=S=P(Cl)(Cl)Cl.[CH2-]CCC.[Li+].c1ccc(-c2ccc(Oc3cccc(Oc4ccc(-c5ccccc5)cc4)c3)cc2)cc1. The molecule has 84 heavy (non-hydrogen) atoms. The quantitative estimate of drug-likeness (QED) is 0.0814. The summed E-state index contributed by atoms with van der Waals surface area (Å²) >= 11 is 28.2. The van der Waals surface area contributed by atoms with Crippen LogP contribution in [0.2, 0.25) is 0 Å². The van der Waals surface area contributed by atoms with Crippen molar-refractivity contribution in [2.45, 2.75) is 27.2 Å². The first-order valence-corrected chi connectivity index (χ1v) is 43.0. The van der Waals surface area contributed by atoms with E-state index in [1.165, 1.54) is 44.8 Å². The second kappa shape index (κ2) is 33.7. The zero-order valence-electron chi connectivity index (χ0n) is 44.6. The van der Waals surface area contributed by atoms with Crippen LogP contribution in [-0.4, -0.2) is 0 Å². The van der Waals surface area contributed by atoms with E-state index in [-0.39, 0.29) is 26.3 Å². The molecule has 0 bridgehead atoms. The molecule has 10 aromatic carbocycles. The topological polar surface area (TPSA) is 36.9 Å². The Morgan fingerprint density at radius 2 is 0.774 bits per heavy atom. The molecule has 0 aliphatic carbocycles. The minimum absolute atomic E-state index is 0. The summed E-state index contributed by atoms with van der Waals surface area (Å²) in [7, 11) is 10.4. The van der Waals surface area contributed by atoms with Crippen LogP contribution in [0.1, 0.15) is 27.2 Å². The van der Waals surface area contributed by atoms with E-state index in [4.69, 9.17) is 64.5 Å². The van der Waals surface area contributed by atoms with Crippen LogP contribution < -0.4 is 53.7 Å². The van der Waals surface area contributed by atoms with Crippen molar-refractivity contribution in [1.82, 2.24) is 0 Å². The van der Waals surface area contributed by atoms with E-state index in [9.17, 15) is 0 Å². The molecule has 2 aliphatic rings. The Morgan fingerprint density at radius 1 is 0.429 bits per heavy atom. The van der Waals surface area contributed by atoms with E-state index >= 15 is 0 Å². The third-order valence-electron chi connectivity index (χ3n) is 12.3. The van der Waals surface area contributed by atoms with Gasteiger partial charge >= 0.3 is 18.9 Å². The van der Waals surface area contributed by atoms with Crippen molar-refractivity contribution >= 4 is 146 Å². The van der Waals surface area contributed by atoms with Gasteiger partial charge in [0.1, 0.15) is 46.0 Å². The van der Waals surface area contributed by atoms with Crippen molar-refractivity contribution in [1.29, 1.82) is 0 Å². The standard InChI is InChI=1S/C30H19O2PS.C30H22O2.C4H9.CH4.Cl3PS8.Li/c34-33-28-18-22(20-8-3-1-4-9-20)14-16-24(28)31-26-12-7-13-27(30(26)33)32-25-17-15-23(19-29(25)33)21-10-5-2-6-11-21;1-3-8-23(9-4-1)25-14-18-27(19-15-25)31-29-12-7-13-30(22-29)32-28-20-16-26(17-21-28)24-10-5-2-6-11-24;1-3-4-2;;1-4(2,3)6-8-10-12-11-9-7-5;/h1-19H;1-22H;1,3-4H2,2H3;1H4;;/q;;-1;;;+1. The monoisotopic (exact) mass is 1360 g/mol. The number of unbranched alkanes of at least 4 members (excludes halogenated alkanes) is 1. The fraction of sp³-hybridized carbons (Fsp3) is 0.0615. The van der Waals surface area contributed by atoms with Gasteiger partial charge in [-0.25, -0.2) is 0 Å². The van der Waals surface area contributed by atoms with Crippen LogP contribution in [0.25, 0.3) is 44.5 Å². The molecular formula is C65H54Cl3LiO4P2S9. The molecule has 4 nitrogen and oxygen atoms in total. The Morgan fingerprint density at radius 3 is 1.15 bits per heavy atom. The maximum Gasteiger partial charge on any atom is 1.00 e. The Hall–Kier alpha value is -4.29. The molecule has 0 fully saturated rings. The van der Waals surface area contributed by atoms with E-state index < -0.39 is 10.1 Å². The normalized spacial score (nSPS) is 11.4. The maximum absolute atomic E-state index is 6.73. The third kappa shape index (κ3) is 18.4. The molecule has 19 heteroatoms. The van der Waals surface area contributed by atoms with Crippen molar-refractivity contribution in [2.75, 3.05) is 0 Å². The van der Waals surface area contributed by atoms with Gasteiger partial charge in [-0.2, -0.15) is 6.42 Å². The largest absolute Gasteiger partial charge is 1.00 e. The van der Waals surface area contributed by atoms with Gasteiger partial charge in [0.25, 0.3) is 0 Å². The van der Waals surface area contributed by atoms with Gasteiger partial charge in [0.15, 0.2) is 0 Å². The van der Waals surface area contributed by atoms with Crippen LogP contribution in [0.4, 0.5) is 0 Å². The molecule has 0 saturated heterocycles. The molecule has 2 aliphatic heterocycles. The molecule has 0 saturated carbocycles. The van der Waals surface area contributed by atoms with Gasteiger partial charge in [0.05, 0.1) is 11.3 Å². The van der Waals surface area contributed by atoms with Gasteiger partial charge in [0.2, 0.25) is 4.10 Å². The molecule has 0 atom stereocenters. The first-order valence-electron chi connectivity index (χ1n) is 25.4. The third-order valence-corrected chi connectivity index (χ3v) is 37.5. The second-order valence-corrected chi connectivity index (χ2v) is 44.9. The summed E-state index contributed by atoms with van der Waals surface area (Å²) in [5, 5.41) is 3.18. The Balaban J connectivity index is 0.000000189. The van der Waals surface area contributed by atoms with E-state index in [0.717, 1.165) is 102 Å². The Labute approximate surface area is 550 Å². The van der Waals surface area contributed by atoms with Gasteiger partial charge in [0, 0.05) is 16.7 Å². The van der Waals surface area contributed by atoms with Crippen molar-refractivity contribution in [3.8, 4) is 90.5 Å². The molecule has 0 radical (unpaired) electrons. The average Bonchev–Trinajstić information content (AvgIpc) is 0.948. The van der Waals surface area contributed by atoms with Crippen LogP contribution in [0, 0.1) is 6.92 Å². The van der Waals surface area contributed by atoms with Crippen molar-refractivity contribution < 1.29 is 37.8 Å². The molecule has 0 spiro atoms. The van der Waals surface area contributed by atoms with Crippen LogP contribution >= 0.6 is 43.9 Å². The average molecular weight is 1360 g/mol. The number of hydrogen-bond donors (Lipinski definition) is 0. The Bertz CT molecular complexity index is 4020. The minimum atomic E-state index is -2.43. The molecule has 0 unspecified atom stereocenters. The number of benzene rings is 10. The smallest absolute Gasteiger partial charge is 0.457 e. The van der Waals surface area contributed by atoms with Gasteiger partial charge in [-0.1, -0.05) is 236 Å². The summed E-state index contributed by atoms with van der Waals surface area (Å²) in [6.07, 6.45) is 2.28. The van der Waals surface area contributed by atoms with Gasteiger partial charge in [-0.3, -0.25) is 0 Å². The molecule has 0 N–H and O–H groups in total. The molecule has 12 rings (SSSR count). The number of halogens is 3. The zero-order valence-corrected chi connectivity index (χ0v) is 56.0. The summed E-state index contributed by atoms with van der Waals surface area (Å²) in [5.41, 5.74) is 9.30. The van der Waals surface area contributed by atoms with Crippen LogP contribution in [-0.2, 0) is 85.8 Å². The number of hydrogen-bond acceptors (Lipinski definition) is 6. The fourth-order valence-corrected chi connectivity index (χ4v) is 35.4. The fourth-order valence-electron chi connectivity index (χ4n) is 8.56. The maximum atomic E-state index is 6.73. The number of ether oxygens (including phenoxy) is 4. The second-order valence-electron chi connectivity index (χ2n) is 17.7. The Kier molecular flexibility index (Phi) is 27.0. The van der Waals surface area contributed by atoms with Crippen LogP contribution in [0.3, 0.4) is 0 Å². The van der Waals surface area contributed by atoms with Gasteiger partial charge < -0.3 is 25.9 Å². The van der Waals surface area contributed by atoms with Crippen molar-refractivity contribution in [3.05, 3.63) is 256 Å². The zero-order chi connectivity index (χ0) is 57.2. The predicted molar refractivity (Wildman–Crippen MR) is 384 cm³/mol. The first-order chi connectivity index (χ1) is 40.0. The van der Waals surface area contributed by atoms with Crippen LogP contribution in [0.5, 0.6) is 46.0 Å². The summed E-state index contributed by atoms with van der Waals surface area (Å²) in [4.78, 5) is 0. The number of rotatable bonds is 9. The summed E-state index contributed by atoms with van der Waals surface area (Å²) in [6, 6.07) is 81.7. The van der Waals surface area contributed by atoms with E-state index in [1.807, 2.05) is 115 Å². The summed E-state index contributed by atoms with van der Waals surface area (Å²) in [6.45, 7) is 5.72. The number of fused-ring (bicyclic) bond motifs is 4. The predicted octanol–water partition coefficient (Wildman–Crippen LogP) is 17.8. The molecule has 10 aromatic rings. The molecule has 424 valence electrons. The molecule has 2 heterocycles. The van der Waals surface area contributed by atoms with E-state index in [0.29, 0.717) is 0 Å².